The number of hydrogen-bond donors (Lipinski definition) is 1. The van der Waals surface area contributed by atoms with Gasteiger partial charge in [0, 0.05) is 23.4 Å². The summed E-state index contributed by atoms with van der Waals surface area (Å²) in [6, 6.07) is 14.6. The fraction of sp³-hybridized carbons (Fsp3) is 0. The van der Waals surface area contributed by atoms with Crippen molar-refractivity contribution in [2.75, 3.05) is 0 Å². The summed E-state index contributed by atoms with van der Waals surface area (Å²) in [6.45, 7) is 0. The molecule has 0 radical (unpaired) electrons. The SMILES string of the molecule is N#Cc1ccc(-c2ncccc2-c2nc3c(F)cc(F)cc3[nH]2)cc1. The van der Waals surface area contributed by atoms with E-state index in [0.717, 1.165) is 11.6 Å². The highest BCUT2D eigenvalue weighted by Crippen LogP contribution is 2.30. The molecule has 4 nitrogen and oxygen atoms in total. The van der Waals surface area contributed by atoms with E-state index < -0.39 is 11.6 Å². The van der Waals surface area contributed by atoms with E-state index in [0.29, 0.717) is 22.6 Å². The Morgan fingerprint density at radius 3 is 2.60 bits per heavy atom. The average molecular weight is 332 g/mol. The Hall–Kier alpha value is -3.59. The van der Waals surface area contributed by atoms with Crippen molar-refractivity contribution >= 4 is 11.0 Å². The Kier molecular flexibility index (Phi) is 3.47. The summed E-state index contributed by atoms with van der Waals surface area (Å²) in [5, 5.41) is 8.91. The van der Waals surface area contributed by atoms with Crippen LogP contribution in [0.2, 0.25) is 0 Å². The molecule has 0 atom stereocenters. The molecule has 2 heterocycles. The van der Waals surface area contributed by atoms with E-state index in [4.69, 9.17) is 5.26 Å². The van der Waals surface area contributed by atoms with Gasteiger partial charge in [-0.1, -0.05) is 12.1 Å². The molecular formula is C19H10F2N4. The molecular weight excluding hydrogens is 322 g/mol. The van der Waals surface area contributed by atoms with E-state index in [1.807, 2.05) is 0 Å². The molecule has 2 aromatic heterocycles. The van der Waals surface area contributed by atoms with Gasteiger partial charge < -0.3 is 4.98 Å². The highest BCUT2D eigenvalue weighted by atomic mass is 19.1. The lowest BCUT2D eigenvalue weighted by molar-refractivity contribution is 0.591. The number of pyridine rings is 1. The molecule has 1 N–H and O–H groups in total. The molecule has 0 spiro atoms. The van der Waals surface area contributed by atoms with E-state index in [-0.39, 0.29) is 11.0 Å². The van der Waals surface area contributed by atoms with Crippen LogP contribution in [0.25, 0.3) is 33.7 Å². The number of nitriles is 1. The minimum atomic E-state index is -0.721. The van der Waals surface area contributed by atoms with Crippen molar-refractivity contribution in [3.63, 3.8) is 0 Å². The van der Waals surface area contributed by atoms with Gasteiger partial charge >= 0.3 is 0 Å². The second kappa shape index (κ2) is 5.80. The fourth-order valence-corrected chi connectivity index (χ4v) is 2.70. The molecule has 0 unspecified atom stereocenters. The summed E-state index contributed by atoms with van der Waals surface area (Å²) < 4.78 is 27.3. The van der Waals surface area contributed by atoms with Crippen LogP contribution in [0.15, 0.2) is 54.7 Å². The van der Waals surface area contributed by atoms with Gasteiger partial charge in [0.05, 0.1) is 22.8 Å². The monoisotopic (exact) mass is 332 g/mol. The number of H-pyrrole nitrogens is 1. The molecule has 0 aliphatic carbocycles. The van der Waals surface area contributed by atoms with Crippen LogP contribution in [0.3, 0.4) is 0 Å². The third-order valence-corrected chi connectivity index (χ3v) is 3.86. The first-order chi connectivity index (χ1) is 12.2. The highest BCUT2D eigenvalue weighted by molar-refractivity contribution is 5.84. The van der Waals surface area contributed by atoms with Crippen LogP contribution in [0.4, 0.5) is 8.78 Å². The first kappa shape index (κ1) is 15.0. The Labute approximate surface area is 141 Å². The minimum Gasteiger partial charge on any atom is -0.338 e. The van der Waals surface area contributed by atoms with Crippen LogP contribution in [0, 0.1) is 23.0 Å². The van der Waals surface area contributed by atoms with Gasteiger partial charge in [-0.3, -0.25) is 4.98 Å². The number of benzene rings is 2. The van der Waals surface area contributed by atoms with Gasteiger partial charge in [-0.05, 0) is 30.3 Å². The lowest BCUT2D eigenvalue weighted by atomic mass is 10.0. The van der Waals surface area contributed by atoms with Crippen molar-refractivity contribution in [3.8, 4) is 28.7 Å². The molecule has 0 amide bonds. The van der Waals surface area contributed by atoms with E-state index in [9.17, 15) is 8.78 Å². The molecule has 0 saturated heterocycles. The minimum absolute atomic E-state index is 0.0750. The number of hydrogen-bond acceptors (Lipinski definition) is 3. The number of nitrogens with one attached hydrogen (secondary N) is 1. The van der Waals surface area contributed by atoms with Crippen molar-refractivity contribution in [2.45, 2.75) is 0 Å². The normalized spacial score (nSPS) is 10.8. The third kappa shape index (κ3) is 2.62. The highest BCUT2D eigenvalue weighted by Gasteiger charge is 2.15. The number of imidazole rings is 1. The van der Waals surface area contributed by atoms with Crippen LogP contribution in [-0.4, -0.2) is 15.0 Å². The molecule has 0 saturated carbocycles. The molecule has 0 aliphatic heterocycles. The maximum absolute atomic E-state index is 13.9. The topological polar surface area (TPSA) is 65.4 Å². The summed E-state index contributed by atoms with van der Waals surface area (Å²) in [6.07, 6.45) is 1.64. The number of halogens is 2. The molecule has 120 valence electrons. The summed E-state index contributed by atoms with van der Waals surface area (Å²) in [5.41, 5.74) is 2.98. The van der Waals surface area contributed by atoms with Crippen molar-refractivity contribution in [2.24, 2.45) is 0 Å². The zero-order valence-electron chi connectivity index (χ0n) is 12.8. The van der Waals surface area contributed by atoms with Crippen LogP contribution >= 0.6 is 0 Å². The predicted molar refractivity (Wildman–Crippen MR) is 89.4 cm³/mol. The van der Waals surface area contributed by atoms with Gasteiger partial charge in [-0.15, -0.1) is 0 Å². The first-order valence-electron chi connectivity index (χ1n) is 7.46. The zero-order chi connectivity index (χ0) is 17.4. The van der Waals surface area contributed by atoms with Gasteiger partial charge in [0.1, 0.15) is 17.2 Å². The zero-order valence-corrected chi connectivity index (χ0v) is 12.8. The van der Waals surface area contributed by atoms with E-state index in [2.05, 4.69) is 21.0 Å². The van der Waals surface area contributed by atoms with Gasteiger partial charge in [0.2, 0.25) is 0 Å². The third-order valence-electron chi connectivity index (χ3n) is 3.86. The van der Waals surface area contributed by atoms with Gasteiger partial charge in [0.25, 0.3) is 0 Å². The summed E-state index contributed by atoms with van der Waals surface area (Å²) in [5.74, 6) is -0.994. The Morgan fingerprint density at radius 2 is 1.84 bits per heavy atom. The standard InChI is InChI=1S/C19H10F2N4/c20-13-8-15(21)18-16(9-13)24-19(25-18)14-2-1-7-23-17(14)12-5-3-11(10-22)4-6-12/h1-9H,(H,24,25). The second-order valence-corrected chi connectivity index (χ2v) is 5.46. The fourth-order valence-electron chi connectivity index (χ4n) is 2.70. The average Bonchev–Trinajstić information content (AvgIpc) is 3.06. The summed E-state index contributed by atoms with van der Waals surface area (Å²) >= 11 is 0. The number of aromatic nitrogens is 3. The Bertz CT molecular complexity index is 1120. The van der Waals surface area contributed by atoms with Crippen LogP contribution in [0.1, 0.15) is 5.56 Å². The van der Waals surface area contributed by atoms with Gasteiger partial charge in [0.15, 0.2) is 5.82 Å². The molecule has 2 aromatic carbocycles. The maximum Gasteiger partial charge on any atom is 0.153 e. The quantitative estimate of drug-likeness (QED) is 0.590. The van der Waals surface area contributed by atoms with Crippen molar-refractivity contribution in [3.05, 3.63) is 71.9 Å². The molecule has 0 bridgehead atoms. The maximum atomic E-state index is 13.9. The molecule has 0 aliphatic rings. The molecule has 0 fully saturated rings. The lowest BCUT2D eigenvalue weighted by Gasteiger charge is -2.06. The van der Waals surface area contributed by atoms with Crippen LogP contribution in [0.5, 0.6) is 0 Å². The molecule has 6 heteroatoms. The number of rotatable bonds is 2. The van der Waals surface area contributed by atoms with E-state index in [1.54, 1.807) is 42.6 Å². The summed E-state index contributed by atoms with van der Waals surface area (Å²) in [4.78, 5) is 11.6. The van der Waals surface area contributed by atoms with E-state index >= 15 is 0 Å². The van der Waals surface area contributed by atoms with Gasteiger partial charge in [-0.25, -0.2) is 13.8 Å². The predicted octanol–water partition coefficient (Wildman–Crippen LogP) is 4.44. The number of nitrogens with zero attached hydrogens (tertiary/aromatic N) is 3. The van der Waals surface area contributed by atoms with E-state index in [1.165, 1.54) is 6.07 Å². The molecule has 4 aromatic rings. The largest absolute Gasteiger partial charge is 0.338 e. The first-order valence-corrected chi connectivity index (χ1v) is 7.46. The lowest BCUT2D eigenvalue weighted by Crippen LogP contribution is -1.90. The number of fused-ring (bicyclic) bond motifs is 1. The van der Waals surface area contributed by atoms with Crippen LogP contribution < -0.4 is 0 Å². The Morgan fingerprint density at radius 1 is 1.04 bits per heavy atom. The van der Waals surface area contributed by atoms with Crippen molar-refractivity contribution in [1.29, 1.82) is 5.26 Å². The van der Waals surface area contributed by atoms with Crippen molar-refractivity contribution < 1.29 is 8.78 Å². The summed E-state index contributed by atoms with van der Waals surface area (Å²) in [7, 11) is 0. The molecule has 25 heavy (non-hydrogen) atoms. The van der Waals surface area contributed by atoms with Crippen LogP contribution in [-0.2, 0) is 0 Å². The Balaban J connectivity index is 1.89. The smallest absolute Gasteiger partial charge is 0.153 e. The molecule has 4 rings (SSSR count). The van der Waals surface area contributed by atoms with Crippen molar-refractivity contribution in [1.82, 2.24) is 15.0 Å². The van der Waals surface area contributed by atoms with Gasteiger partial charge in [-0.2, -0.15) is 5.26 Å². The second-order valence-electron chi connectivity index (χ2n) is 5.46. The number of aromatic amines is 1.